The zero-order valence-corrected chi connectivity index (χ0v) is 14.6. The van der Waals surface area contributed by atoms with Gasteiger partial charge in [-0.1, -0.05) is 36.4 Å². The minimum Gasteiger partial charge on any atom is -0.322 e. The standard InChI is InChI=1S/C19H16FN5S/c20-14-7-5-12(6-8-14)9-16(21)17-11-26-19(23-17)24-18-15-4-2-1-3-13(15)10-22-25-18/h1-8,10-11,16H,9,21H2,(H,23,24,25). The fourth-order valence-electron chi connectivity index (χ4n) is 2.71. The summed E-state index contributed by atoms with van der Waals surface area (Å²) in [5.41, 5.74) is 8.02. The molecule has 4 rings (SSSR count). The van der Waals surface area contributed by atoms with E-state index in [9.17, 15) is 4.39 Å². The average Bonchev–Trinajstić information content (AvgIpc) is 3.13. The summed E-state index contributed by atoms with van der Waals surface area (Å²) in [6, 6.07) is 14.0. The summed E-state index contributed by atoms with van der Waals surface area (Å²) in [5.74, 6) is 0.412. The van der Waals surface area contributed by atoms with Gasteiger partial charge in [0.1, 0.15) is 5.82 Å². The third-order valence-corrected chi connectivity index (χ3v) is 4.84. The van der Waals surface area contributed by atoms with Crippen molar-refractivity contribution in [3.05, 3.63) is 77.2 Å². The molecule has 0 aliphatic heterocycles. The van der Waals surface area contributed by atoms with E-state index in [0.29, 0.717) is 17.4 Å². The number of hydrogen-bond acceptors (Lipinski definition) is 6. The first kappa shape index (κ1) is 16.6. The second-order valence-corrected chi connectivity index (χ2v) is 6.78. The van der Waals surface area contributed by atoms with Crippen molar-refractivity contribution in [1.29, 1.82) is 0 Å². The molecule has 0 saturated heterocycles. The van der Waals surface area contributed by atoms with E-state index in [2.05, 4.69) is 20.5 Å². The van der Waals surface area contributed by atoms with Gasteiger partial charge in [-0.25, -0.2) is 9.37 Å². The molecule has 3 N–H and O–H groups in total. The van der Waals surface area contributed by atoms with E-state index in [1.165, 1.54) is 23.5 Å². The number of halogens is 1. The fourth-order valence-corrected chi connectivity index (χ4v) is 3.49. The number of anilines is 2. The Balaban J connectivity index is 1.51. The highest BCUT2D eigenvalue weighted by molar-refractivity contribution is 7.13. The van der Waals surface area contributed by atoms with Gasteiger partial charge < -0.3 is 11.1 Å². The summed E-state index contributed by atoms with van der Waals surface area (Å²) in [7, 11) is 0. The molecule has 7 heteroatoms. The Hall–Kier alpha value is -2.90. The Bertz CT molecular complexity index is 1030. The Kier molecular flexibility index (Phi) is 4.55. The van der Waals surface area contributed by atoms with Crippen LogP contribution in [-0.4, -0.2) is 15.2 Å². The summed E-state index contributed by atoms with van der Waals surface area (Å²) < 4.78 is 13.0. The molecular weight excluding hydrogens is 349 g/mol. The van der Waals surface area contributed by atoms with Crippen LogP contribution >= 0.6 is 11.3 Å². The zero-order chi connectivity index (χ0) is 17.9. The summed E-state index contributed by atoms with van der Waals surface area (Å²) in [6.07, 6.45) is 2.32. The van der Waals surface area contributed by atoms with Crippen molar-refractivity contribution in [2.75, 3.05) is 5.32 Å². The van der Waals surface area contributed by atoms with Gasteiger partial charge >= 0.3 is 0 Å². The predicted octanol–water partition coefficient (Wildman–Crippen LogP) is 4.21. The molecule has 2 heterocycles. The third kappa shape index (κ3) is 3.54. The van der Waals surface area contributed by atoms with Crippen molar-refractivity contribution >= 4 is 33.1 Å². The first-order valence-electron chi connectivity index (χ1n) is 8.12. The molecule has 1 atom stereocenters. The number of rotatable bonds is 5. The molecule has 0 amide bonds. The Morgan fingerprint density at radius 2 is 1.92 bits per heavy atom. The number of fused-ring (bicyclic) bond motifs is 1. The number of nitrogens with one attached hydrogen (secondary N) is 1. The maximum Gasteiger partial charge on any atom is 0.188 e. The van der Waals surface area contributed by atoms with Gasteiger partial charge in [-0.05, 0) is 24.1 Å². The van der Waals surface area contributed by atoms with E-state index < -0.39 is 0 Å². The van der Waals surface area contributed by atoms with Crippen molar-refractivity contribution in [3.63, 3.8) is 0 Å². The molecular formula is C19H16FN5S. The second kappa shape index (κ2) is 7.15. The number of hydrogen-bond donors (Lipinski definition) is 2. The average molecular weight is 365 g/mol. The molecule has 0 fully saturated rings. The molecule has 1 unspecified atom stereocenters. The minimum atomic E-state index is -0.258. The van der Waals surface area contributed by atoms with Crippen LogP contribution in [0.1, 0.15) is 17.3 Å². The number of nitrogens with two attached hydrogens (primary N) is 1. The first-order chi connectivity index (χ1) is 12.7. The van der Waals surface area contributed by atoms with Gasteiger partial charge in [0.2, 0.25) is 0 Å². The van der Waals surface area contributed by atoms with Gasteiger partial charge in [0.15, 0.2) is 10.9 Å². The van der Waals surface area contributed by atoms with E-state index in [1.807, 2.05) is 29.6 Å². The molecule has 0 radical (unpaired) electrons. The molecule has 0 aliphatic carbocycles. The molecule has 0 aliphatic rings. The van der Waals surface area contributed by atoms with Crippen molar-refractivity contribution in [3.8, 4) is 0 Å². The van der Waals surface area contributed by atoms with E-state index in [-0.39, 0.29) is 11.9 Å². The van der Waals surface area contributed by atoms with Gasteiger partial charge in [0, 0.05) is 16.2 Å². The SMILES string of the molecule is NC(Cc1ccc(F)cc1)c1csc(Nc2nncc3ccccc23)n1. The monoisotopic (exact) mass is 365 g/mol. The van der Waals surface area contributed by atoms with E-state index in [4.69, 9.17) is 5.73 Å². The first-order valence-corrected chi connectivity index (χ1v) is 9.00. The smallest absolute Gasteiger partial charge is 0.188 e. The lowest BCUT2D eigenvalue weighted by Gasteiger charge is -2.09. The summed E-state index contributed by atoms with van der Waals surface area (Å²) >= 11 is 1.46. The van der Waals surface area contributed by atoms with Crippen LogP contribution < -0.4 is 11.1 Å². The summed E-state index contributed by atoms with van der Waals surface area (Å²) in [4.78, 5) is 4.57. The predicted molar refractivity (Wildman–Crippen MR) is 102 cm³/mol. The largest absolute Gasteiger partial charge is 0.322 e. The highest BCUT2D eigenvalue weighted by atomic mass is 32.1. The van der Waals surface area contributed by atoms with Crippen molar-refractivity contribution in [2.24, 2.45) is 5.73 Å². The van der Waals surface area contributed by atoms with Crippen LogP contribution in [0.4, 0.5) is 15.3 Å². The Labute approximate surface area is 153 Å². The highest BCUT2D eigenvalue weighted by Gasteiger charge is 2.13. The van der Waals surface area contributed by atoms with Crippen LogP contribution in [0, 0.1) is 5.82 Å². The maximum atomic E-state index is 13.0. The van der Waals surface area contributed by atoms with Crippen LogP contribution in [0.15, 0.2) is 60.1 Å². The fraction of sp³-hybridized carbons (Fsp3) is 0.105. The van der Waals surface area contributed by atoms with Crippen LogP contribution in [0.2, 0.25) is 0 Å². The maximum absolute atomic E-state index is 13.0. The number of nitrogens with zero attached hydrogens (tertiary/aromatic N) is 3. The van der Waals surface area contributed by atoms with Crippen LogP contribution in [0.5, 0.6) is 0 Å². The van der Waals surface area contributed by atoms with E-state index in [1.54, 1.807) is 18.3 Å². The lowest BCUT2D eigenvalue weighted by atomic mass is 10.0. The van der Waals surface area contributed by atoms with Crippen molar-refractivity contribution < 1.29 is 4.39 Å². The molecule has 130 valence electrons. The number of thiazole rings is 1. The van der Waals surface area contributed by atoms with Gasteiger partial charge in [-0.3, -0.25) is 0 Å². The molecule has 2 aromatic heterocycles. The Morgan fingerprint density at radius 3 is 2.77 bits per heavy atom. The molecule has 0 spiro atoms. The highest BCUT2D eigenvalue weighted by Crippen LogP contribution is 2.27. The lowest BCUT2D eigenvalue weighted by molar-refractivity contribution is 0.625. The van der Waals surface area contributed by atoms with Crippen molar-refractivity contribution in [1.82, 2.24) is 15.2 Å². The number of aromatic nitrogens is 3. The summed E-state index contributed by atoms with van der Waals surface area (Å²) in [5, 5.41) is 16.0. The normalized spacial score (nSPS) is 12.2. The molecule has 2 aromatic carbocycles. The Morgan fingerprint density at radius 1 is 1.12 bits per heavy atom. The molecule has 26 heavy (non-hydrogen) atoms. The lowest BCUT2D eigenvalue weighted by Crippen LogP contribution is -2.13. The van der Waals surface area contributed by atoms with E-state index >= 15 is 0 Å². The van der Waals surface area contributed by atoms with Gasteiger partial charge in [-0.15, -0.1) is 16.4 Å². The van der Waals surface area contributed by atoms with Crippen molar-refractivity contribution in [2.45, 2.75) is 12.5 Å². The van der Waals surface area contributed by atoms with Gasteiger partial charge in [0.05, 0.1) is 17.9 Å². The van der Waals surface area contributed by atoms with Gasteiger partial charge in [-0.2, -0.15) is 5.10 Å². The topological polar surface area (TPSA) is 76.7 Å². The third-order valence-electron chi connectivity index (χ3n) is 4.07. The second-order valence-electron chi connectivity index (χ2n) is 5.92. The van der Waals surface area contributed by atoms with Gasteiger partial charge in [0.25, 0.3) is 0 Å². The molecule has 5 nitrogen and oxygen atoms in total. The minimum absolute atomic E-state index is 0.251. The molecule has 0 saturated carbocycles. The quantitative estimate of drug-likeness (QED) is 0.554. The van der Waals surface area contributed by atoms with E-state index in [0.717, 1.165) is 22.0 Å². The molecule has 0 bridgehead atoms. The zero-order valence-electron chi connectivity index (χ0n) is 13.8. The summed E-state index contributed by atoms with van der Waals surface area (Å²) in [6.45, 7) is 0. The van der Waals surface area contributed by atoms with Crippen LogP contribution in [0.3, 0.4) is 0 Å². The number of benzene rings is 2. The molecule has 4 aromatic rings. The van der Waals surface area contributed by atoms with Crippen LogP contribution in [0.25, 0.3) is 10.8 Å². The van der Waals surface area contributed by atoms with Crippen LogP contribution in [-0.2, 0) is 6.42 Å².